The molecule has 0 aliphatic rings. The van der Waals surface area contributed by atoms with E-state index >= 15 is 0 Å². The molecule has 1 N–H and O–H groups in total. The van der Waals surface area contributed by atoms with Gasteiger partial charge in [0, 0.05) is 28.5 Å². The molecule has 0 spiro atoms. The van der Waals surface area contributed by atoms with Crippen molar-refractivity contribution in [3.05, 3.63) is 52.3 Å². The van der Waals surface area contributed by atoms with E-state index in [-0.39, 0.29) is 11.3 Å². The molecule has 2 aromatic rings. The molecule has 1 aromatic carbocycles. The zero-order chi connectivity index (χ0) is 13.1. The summed E-state index contributed by atoms with van der Waals surface area (Å²) in [7, 11) is 0. The summed E-state index contributed by atoms with van der Waals surface area (Å²) < 4.78 is 5.44. The first-order valence-electron chi connectivity index (χ1n) is 4.87. The molecule has 1 heterocycles. The summed E-state index contributed by atoms with van der Waals surface area (Å²) >= 11 is 11.7. The first kappa shape index (κ1) is 12.7. The molecule has 0 amide bonds. The Morgan fingerprint density at radius 3 is 2.50 bits per heavy atom. The van der Waals surface area contributed by atoms with Crippen molar-refractivity contribution < 1.29 is 14.6 Å². The molecule has 0 radical (unpaired) electrons. The third-order valence-electron chi connectivity index (χ3n) is 2.08. The first-order valence-corrected chi connectivity index (χ1v) is 5.63. The van der Waals surface area contributed by atoms with Crippen molar-refractivity contribution in [1.82, 2.24) is 4.98 Å². The van der Waals surface area contributed by atoms with Gasteiger partial charge in [0.15, 0.2) is 0 Å². The van der Waals surface area contributed by atoms with Gasteiger partial charge in [-0.1, -0.05) is 23.2 Å². The van der Waals surface area contributed by atoms with Crippen LogP contribution in [0.2, 0.25) is 10.0 Å². The summed E-state index contributed by atoms with van der Waals surface area (Å²) in [6.07, 6.45) is 2.65. The zero-order valence-corrected chi connectivity index (χ0v) is 10.4. The highest BCUT2D eigenvalue weighted by atomic mass is 35.5. The van der Waals surface area contributed by atoms with Gasteiger partial charge in [0.25, 0.3) is 0 Å². The average Bonchev–Trinajstić information content (AvgIpc) is 2.27. The maximum absolute atomic E-state index is 11.0. The summed E-state index contributed by atoms with van der Waals surface area (Å²) in [5.41, 5.74) is -0.0337. The van der Waals surface area contributed by atoms with E-state index in [4.69, 9.17) is 33.0 Å². The summed E-state index contributed by atoms with van der Waals surface area (Å²) in [4.78, 5) is 14.7. The Hall–Kier alpha value is -1.78. The monoisotopic (exact) mass is 283 g/mol. The number of carboxylic acids is 1. The fourth-order valence-corrected chi connectivity index (χ4v) is 1.85. The normalized spacial score (nSPS) is 10.1. The largest absolute Gasteiger partial charge is 0.477 e. The van der Waals surface area contributed by atoms with Crippen molar-refractivity contribution in [1.29, 1.82) is 0 Å². The molecule has 0 saturated carbocycles. The number of nitrogens with zero attached hydrogens (tertiary/aromatic N) is 1. The van der Waals surface area contributed by atoms with Gasteiger partial charge in [0.05, 0.1) is 0 Å². The van der Waals surface area contributed by atoms with Crippen LogP contribution in [0.15, 0.2) is 36.7 Å². The number of rotatable bonds is 3. The average molecular weight is 284 g/mol. The van der Waals surface area contributed by atoms with E-state index in [2.05, 4.69) is 4.98 Å². The molecular weight excluding hydrogens is 277 g/mol. The summed E-state index contributed by atoms with van der Waals surface area (Å²) in [5, 5.41) is 9.79. The summed E-state index contributed by atoms with van der Waals surface area (Å²) in [6, 6.07) is 6.10. The second kappa shape index (κ2) is 5.25. The summed E-state index contributed by atoms with van der Waals surface area (Å²) in [6.45, 7) is 0. The van der Waals surface area contributed by atoms with Gasteiger partial charge in [-0.15, -0.1) is 0 Å². The van der Waals surface area contributed by atoms with Gasteiger partial charge in [-0.25, -0.2) is 4.79 Å². The number of hydrogen-bond acceptors (Lipinski definition) is 3. The smallest absolute Gasteiger partial charge is 0.341 e. The van der Waals surface area contributed by atoms with Gasteiger partial charge >= 0.3 is 5.97 Å². The molecule has 6 heteroatoms. The van der Waals surface area contributed by atoms with Gasteiger partial charge in [-0.2, -0.15) is 0 Å². The topological polar surface area (TPSA) is 59.4 Å². The lowest BCUT2D eigenvalue weighted by molar-refractivity contribution is 0.0693. The highest BCUT2D eigenvalue weighted by Crippen LogP contribution is 2.29. The molecule has 0 aliphatic heterocycles. The predicted octanol–water partition coefficient (Wildman–Crippen LogP) is 3.88. The van der Waals surface area contributed by atoms with Crippen molar-refractivity contribution in [2.24, 2.45) is 0 Å². The number of aromatic nitrogens is 1. The van der Waals surface area contributed by atoms with E-state index in [1.165, 1.54) is 18.5 Å². The van der Waals surface area contributed by atoms with E-state index in [0.717, 1.165) is 0 Å². The van der Waals surface area contributed by atoms with Crippen molar-refractivity contribution >= 4 is 29.2 Å². The Labute approximate surface area is 113 Å². The van der Waals surface area contributed by atoms with Gasteiger partial charge in [0.2, 0.25) is 0 Å². The van der Waals surface area contributed by atoms with Crippen LogP contribution < -0.4 is 4.74 Å². The minimum atomic E-state index is -1.12. The van der Waals surface area contributed by atoms with Crippen LogP contribution in [0.25, 0.3) is 0 Å². The SMILES string of the molecule is O=C(O)c1cnccc1Oc1cc(Cl)cc(Cl)c1. The van der Waals surface area contributed by atoms with Crippen LogP contribution in [-0.4, -0.2) is 16.1 Å². The minimum absolute atomic E-state index is 0.0337. The second-order valence-electron chi connectivity index (χ2n) is 3.38. The van der Waals surface area contributed by atoms with Crippen LogP contribution >= 0.6 is 23.2 Å². The highest BCUT2D eigenvalue weighted by molar-refractivity contribution is 6.34. The fraction of sp³-hybridized carbons (Fsp3) is 0. The number of benzene rings is 1. The van der Waals surface area contributed by atoms with E-state index in [0.29, 0.717) is 15.8 Å². The first-order chi connectivity index (χ1) is 8.56. The quantitative estimate of drug-likeness (QED) is 0.929. The molecule has 0 aliphatic carbocycles. The lowest BCUT2D eigenvalue weighted by Gasteiger charge is -2.08. The Kier molecular flexibility index (Phi) is 3.69. The van der Waals surface area contributed by atoms with E-state index in [1.807, 2.05) is 0 Å². The lowest BCUT2D eigenvalue weighted by Crippen LogP contribution is -2.00. The number of hydrogen-bond donors (Lipinski definition) is 1. The van der Waals surface area contributed by atoms with Crippen LogP contribution in [-0.2, 0) is 0 Å². The van der Waals surface area contributed by atoms with Crippen LogP contribution in [0.4, 0.5) is 0 Å². The Balaban J connectivity index is 2.37. The maximum Gasteiger partial charge on any atom is 0.341 e. The molecular formula is C12H7Cl2NO3. The Morgan fingerprint density at radius 1 is 1.22 bits per heavy atom. The van der Waals surface area contributed by atoms with Crippen LogP contribution in [0.3, 0.4) is 0 Å². The number of aromatic carboxylic acids is 1. The van der Waals surface area contributed by atoms with Gasteiger partial charge in [0.1, 0.15) is 17.1 Å². The molecule has 0 atom stereocenters. The molecule has 92 valence electrons. The molecule has 0 bridgehead atoms. The number of halogens is 2. The van der Waals surface area contributed by atoms with E-state index in [9.17, 15) is 4.79 Å². The van der Waals surface area contributed by atoms with Crippen LogP contribution in [0, 0.1) is 0 Å². The van der Waals surface area contributed by atoms with Gasteiger partial charge in [-0.3, -0.25) is 4.98 Å². The number of carbonyl (C=O) groups is 1. The standard InChI is InChI=1S/C12H7Cl2NO3/c13-7-3-8(14)5-9(4-7)18-11-1-2-15-6-10(11)12(16)17/h1-6H,(H,16,17). The fourth-order valence-electron chi connectivity index (χ4n) is 1.35. The Morgan fingerprint density at radius 2 is 1.89 bits per heavy atom. The molecule has 0 fully saturated rings. The van der Waals surface area contributed by atoms with Crippen LogP contribution in [0.1, 0.15) is 10.4 Å². The number of ether oxygens (including phenoxy) is 1. The van der Waals surface area contributed by atoms with E-state index in [1.54, 1.807) is 18.2 Å². The molecule has 0 saturated heterocycles. The highest BCUT2D eigenvalue weighted by Gasteiger charge is 2.12. The van der Waals surface area contributed by atoms with Gasteiger partial charge in [-0.05, 0) is 18.2 Å². The van der Waals surface area contributed by atoms with Crippen molar-refractivity contribution in [2.75, 3.05) is 0 Å². The predicted molar refractivity (Wildman–Crippen MR) is 67.7 cm³/mol. The van der Waals surface area contributed by atoms with Crippen LogP contribution in [0.5, 0.6) is 11.5 Å². The van der Waals surface area contributed by atoms with Crippen molar-refractivity contribution in [2.45, 2.75) is 0 Å². The summed E-state index contributed by atoms with van der Waals surface area (Å²) in [5.74, 6) is -0.580. The molecule has 0 unspecified atom stereocenters. The van der Waals surface area contributed by atoms with Gasteiger partial charge < -0.3 is 9.84 Å². The number of carboxylic acid groups (broad SMARTS) is 1. The second-order valence-corrected chi connectivity index (χ2v) is 4.26. The van der Waals surface area contributed by atoms with Crippen molar-refractivity contribution in [3.63, 3.8) is 0 Å². The third-order valence-corrected chi connectivity index (χ3v) is 2.51. The van der Waals surface area contributed by atoms with E-state index < -0.39 is 5.97 Å². The molecule has 2 rings (SSSR count). The zero-order valence-electron chi connectivity index (χ0n) is 8.93. The lowest BCUT2D eigenvalue weighted by atomic mass is 10.2. The molecule has 4 nitrogen and oxygen atoms in total. The third kappa shape index (κ3) is 2.91. The number of pyridine rings is 1. The van der Waals surface area contributed by atoms with Crippen molar-refractivity contribution in [3.8, 4) is 11.5 Å². The maximum atomic E-state index is 11.0. The molecule has 18 heavy (non-hydrogen) atoms. The Bertz CT molecular complexity index is 581. The molecule has 1 aromatic heterocycles. The minimum Gasteiger partial charge on any atom is -0.477 e.